The Hall–Kier alpha value is -1.77. The second-order valence-corrected chi connectivity index (χ2v) is 4.77. The minimum atomic E-state index is -0.0919. The molecule has 1 fully saturated rings. The molecule has 1 atom stereocenters. The maximum atomic E-state index is 11.2. The minimum absolute atomic E-state index is 0.0919. The highest BCUT2D eigenvalue weighted by Gasteiger charge is 2.24. The first kappa shape index (κ1) is 12.7. The summed E-state index contributed by atoms with van der Waals surface area (Å²) in [6.07, 6.45) is 3.64. The molecule has 1 aliphatic rings. The summed E-state index contributed by atoms with van der Waals surface area (Å²) >= 11 is 0. The molecule has 1 aliphatic heterocycles. The summed E-state index contributed by atoms with van der Waals surface area (Å²) in [4.78, 5) is 13.6. The van der Waals surface area contributed by atoms with Crippen LogP contribution in [0, 0.1) is 6.92 Å². The number of aryl methyl sites for hydroxylation is 1. The number of hydrogen-bond acceptors (Lipinski definition) is 2. The Morgan fingerprint density at radius 2 is 2.22 bits per heavy atom. The van der Waals surface area contributed by atoms with Gasteiger partial charge in [-0.3, -0.25) is 4.79 Å². The van der Waals surface area contributed by atoms with Crippen molar-refractivity contribution in [3.63, 3.8) is 0 Å². The van der Waals surface area contributed by atoms with Crippen LogP contribution in [0.1, 0.15) is 18.4 Å². The van der Waals surface area contributed by atoms with Crippen LogP contribution in [0.4, 0.5) is 5.69 Å². The van der Waals surface area contributed by atoms with Crippen LogP contribution in [0.15, 0.2) is 36.9 Å². The van der Waals surface area contributed by atoms with Crippen LogP contribution < -0.4 is 10.2 Å². The van der Waals surface area contributed by atoms with Crippen molar-refractivity contribution in [1.29, 1.82) is 0 Å². The van der Waals surface area contributed by atoms with Gasteiger partial charge in [-0.15, -0.1) is 0 Å². The zero-order valence-corrected chi connectivity index (χ0v) is 10.9. The summed E-state index contributed by atoms with van der Waals surface area (Å²) in [5.74, 6) is -0.0919. The Morgan fingerprint density at radius 3 is 2.89 bits per heavy atom. The quantitative estimate of drug-likeness (QED) is 0.824. The second kappa shape index (κ2) is 5.71. The van der Waals surface area contributed by atoms with E-state index >= 15 is 0 Å². The van der Waals surface area contributed by atoms with Gasteiger partial charge in [-0.2, -0.15) is 0 Å². The van der Waals surface area contributed by atoms with E-state index in [1.165, 1.54) is 23.7 Å². The van der Waals surface area contributed by atoms with E-state index in [0.29, 0.717) is 12.6 Å². The van der Waals surface area contributed by atoms with Gasteiger partial charge in [0, 0.05) is 24.8 Å². The lowest BCUT2D eigenvalue weighted by Gasteiger charge is -2.27. The molecule has 0 aromatic heterocycles. The first-order valence-corrected chi connectivity index (χ1v) is 6.44. The Balaban J connectivity index is 2.00. The molecule has 18 heavy (non-hydrogen) atoms. The molecule has 1 saturated heterocycles. The molecule has 1 N–H and O–H groups in total. The van der Waals surface area contributed by atoms with Crippen LogP contribution >= 0.6 is 0 Å². The lowest BCUT2D eigenvalue weighted by Crippen LogP contribution is -2.39. The normalized spacial score (nSPS) is 18.7. The number of nitrogens with one attached hydrogen (secondary N) is 1. The third-order valence-corrected chi connectivity index (χ3v) is 3.44. The average Bonchev–Trinajstić information content (AvgIpc) is 2.85. The molecular weight excluding hydrogens is 224 g/mol. The number of anilines is 1. The third kappa shape index (κ3) is 2.92. The number of amides is 1. The molecule has 1 heterocycles. The zero-order valence-electron chi connectivity index (χ0n) is 10.9. The molecule has 0 unspecified atom stereocenters. The van der Waals surface area contributed by atoms with Crippen molar-refractivity contribution >= 4 is 11.6 Å². The van der Waals surface area contributed by atoms with Gasteiger partial charge in [0.05, 0.1) is 0 Å². The number of carbonyl (C=O) groups excluding carboxylic acids is 1. The Bertz CT molecular complexity index is 425. The van der Waals surface area contributed by atoms with Crippen LogP contribution in [0.25, 0.3) is 0 Å². The van der Waals surface area contributed by atoms with Crippen molar-refractivity contribution in [2.45, 2.75) is 25.8 Å². The molecule has 3 nitrogen and oxygen atoms in total. The van der Waals surface area contributed by atoms with Gasteiger partial charge in [0.15, 0.2) is 0 Å². The third-order valence-electron chi connectivity index (χ3n) is 3.44. The van der Waals surface area contributed by atoms with Gasteiger partial charge in [0.1, 0.15) is 0 Å². The largest absolute Gasteiger partial charge is 0.367 e. The number of carbonyl (C=O) groups is 1. The zero-order chi connectivity index (χ0) is 13.0. The number of hydrogen-bond donors (Lipinski definition) is 1. The SMILES string of the molecule is C=CC(=O)NC[C@H]1CCCN1c1ccc(C)cc1. The number of benzene rings is 1. The highest BCUT2D eigenvalue weighted by Crippen LogP contribution is 2.25. The predicted molar refractivity (Wildman–Crippen MR) is 74.8 cm³/mol. The summed E-state index contributed by atoms with van der Waals surface area (Å²) in [6, 6.07) is 8.98. The van der Waals surface area contributed by atoms with E-state index in [0.717, 1.165) is 13.0 Å². The molecular formula is C15H20N2O. The topological polar surface area (TPSA) is 32.3 Å². The van der Waals surface area contributed by atoms with E-state index in [1.54, 1.807) is 0 Å². The Kier molecular flexibility index (Phi) is 4.03. The minimum Gasteiger partial charge on any atom is -0.367 e. The molecule has 2 rings (SSSR count). The van der Waals surface area contributed by atoms with Crippen molar-refractivity contribution in [2.24, 2.45) is 0 Å². The van der Waals surface area contributed by atoms with Gasteiger partial charge in [-0.25, -0.2) is 0 Å². The van der Waals surface area contributed by atoms with E-state index < -0.39 is 0 Å². The number of rotatable bonds is 4. The predicted octanol–water partition coefficient (Wildman–Crippen LogP) is 2.27. The smallest absolute Gasteiger partial charge is 0.243 e. The Labute approximate surface area is 108 Å². The standard InChI is InChI=1S/C15H20N2O/c1-3-15(18)16-11-14-5-4-10-17(14)13-8-6-12(2)7-9-13/h3,6-9,14H,1,4-5,10-11H2,2H3,(H,16,18)/t14-/m1/s1. The van der Waals surface area contributed by atoms with E-state index in [2.05, 4.69) is 48.0 Å². The van der Waals surface area contributed by atoms with Gasteiger partial charge in [-0.1, -0.05) is 24.3 Å². The molecule has 3 heteroatoms. The molecule has 0 saturated carbocycles. The molecule has 96 valence electrons. The highest BCUT2D eigenvalue weighted by atomic mass is 16.1. The molecule has 1 amide bonds. The average molecular weight is 244 g/mol. The van der Waals surface area contributed by atoms with Crippen molar-refractivity contribution in [3.05, 3.63) is 42.5 Å². The molecule has 1 aromatic carbocycles. The van der Waals surface area contributed by atoms with Crippen molar-refractivity contribution in [2.75, 3.05) is 18.0 Å². The molecule has 1 aromatic rings. The van der Waals surface area contributed by atoms with Gasteiger partial charge in [0.25, 0.3) is 0 Å². The summed E-state index contributed by atoms with van der Waals surface area (Å²) in [6.45, 7) is 7.32. The maximum absolute atomic E-state index is 11.2. The molecule has 0 aliphatic carbocycles. The van der Waals surface area contributed by atoms with E-state index in [4.69, 9.17) is 0 Å². The van der Waals surface area contributed by atoms with E-state index in [-0.39, 0.29) is 5.91 Å². The summed E-state index contributed by atoms with van der Waals surface area (Å²) < 4.78 is 0. The van der Waals surface area contributed by atoms with Gasteiger partial charge in [0.2, 0.25) is 5.91 Å². The maximum Gasteiger partial charge on any atom is 0.243 e. The van der Waals surface area contributed by atoms with Crippen LogP contribution in [0.5, 0.6) is 0 Å². The monoisotopic (exact) mass is 244 g/mol. The second-order valence-electron chi connectivity index (χ2n) is 4.77. The molecule has 0 radical (unpaired) electrons. The molecule has 0 spiro atoms. The van der Waals surface area contributed by atoms with E-state index in [1.807, 2.05) is 0 Å². The fraction of sp³-hybridized carbons (Fsp3) is 0.400. The van der Waals surface area contributed by atoms with Gasteiger partial charge >= 0.3 is 0 Å². The number of nitrogens with zero attached hydrogens (tertiary/aromatic N) is 1. The van der Waals surface area contributed by atoms with Crippen LogP contribution in [0.3, 0.4) is 0 Å². The highest BCUT2D eigenvalue weighted by molar-refractivity contribution is 5.86. The first-order chi connectivity index (χ1) is 8.70. The van der Waals surface area contributed by atoms with Gasteiger partial charge in [-0.05, 0) is 38.0 Å². The fourth-order valence-electron chi connectivity index (χ4n) is 2.41. The van der Waals surface area contributed by atoms with Crippen molar-refractivity contribution < 1.29 is 4.79 Å². The van der Waals surface area contributed by atoms with Crippen molar-refractivity contribution in [1.82, 2.24) is 5.32 Å². The lowest BCUT2D eigenvalue weighted by atomic mass is 10.2. The lowest BCUT2D eigenvalue weighted by molar-refractivity contribution is -0.116. The molecule has 0 bridgehead atoms. The van der Waals surface area contributed by atoms with E-state index in [9.17, 15) is 4.79 Å². The van der Waals surface area contributed by atoms with Crippen LogP contribution in [0.2, 0.25) is 0 Å². The summed E-state index contributed by atoms with van der Waals surface area (Å²) in [5.41, 5.74) is 2.52. The van der Waals surface area contributed by atoms with Crippen LogP contribution in [-0.4, -0.2) is 25.0 Å². The van der Waals surface area contributed by atoms with Crippen molar-refractivity contribution in [3.8, 4) is 0 Å². The van der Waals surface area contributed by atoms with Gasteiger partial charge < -0.3 is 10.2 Å². The van der Waals surface area contributed by atoms with Crippen LogP contribution in [-0.2, 0) is 4.79 Å². The summed E-state index contributed by atoms with van der Waals surface area (Å²) in [5, 5.41) is 2.89. The first-order valence-electron chi connectivity index (χ1n) is 6.44. The Morgan fingerprint density at radius 1 is 1.50 bits per heavy atom. The fourth-order valence-corrected chi connectivity index (χ4v) is 2.41. The summed E-state index contributed by atoms with van der Waals surface area (Å²) in [7, 11) is 0.